The summed E-state index contributed by atoms with van der Waals surface area (Å²) < 4.78 is 30.1. The fourth-order valence-electron chi connectivity index (χ4n) is 1.14. The highest BCUT2D eigenvalue weighted by Crippen LogP contribution is 2.28. The van der Waals surface area contributed by atoms with E-state index in [0.717, 1.165) is 0 Å². The van der Waals surface area contributed by atoms with E-state index >= 15 is 0 Å². The van der Waals surface area contributed by atoms with Gasteiger partial charge in [0.2, 0.25) is 0 Å². The molecule has 16 heavy (non-hydrogen) atoms. The molecule has 1 heterocycles. The number of nitrogens with two attached hydrogens (primary N) is 1. The van der Waals surface area contributed by atoms with E-state index in [1.807, 2.05) is 0 Å². The van der Waals surface area contributed by atoms with Gasteiger partial charge in [0.05, 0.1) is 12.3 Å². The van der Waals surface area contributed by atoms with Crippen LogP contribution in [0.15, 0.2) is 10.7 Å². The van der Waals surface area contributed by atoms with Crippen molar-refractivity contribution in [2.45, 2.75) is 13.3 Å². The van der Waals surface area contributed by atoms with Gasteiger partial charge in [-0.05, 0) is 28.9 Å². The summed E-state index contributed by atoms with van der Waals surface area (Å²) in [5.41, 5.74) is 4.35. The molecule has 88 valence electrons. The zero-order valence-corrected chi connectivity index (χ0v) is 9.92. The molecule has 0 aliphatic rings. The minimum atomic E-state index is -2.89. The molecular formula is C9H9BrF2N2O2. The van der Waals surface area contributed by atoms with Crippen molar-refractivity contribution in [3.05, 3.63) is 21.9 Å². The van der Waals surface area contributed by atoms with Gasteiger partial charge >= 0.3 is 5.97 Å². The van der Waals surface area contributed by atoms with Crippen molar-refractivity contribution in [1.29, 1.82) is 0 Å². The van der Waals surface area contributed by atoms with Gasteiger partial charge < -0.3 is 10.5 Å². The number of rotatable bonds is 3. The van der Waals surface area contributed by atoms with Crippen LogP contribution < -0.4 is 5.73 Å². The van der Waals surface area contributed by atoms with Crippen molar-refractivity contribution in [2.75, 3.05) is 12.3 Å². The van der Waals surface area contributed by atoms with Crippen LogP contribution in [0.2, 0.25) is 0 Å². The highest BCUT2D eigenvalue weighted by atomic mass is 79.9. The number of alkyl halides is 2. The van der Waals surface area contributed by atoms with Gasteiger partial charge in [0, 0.05) is 0 Å². The first kappa shape index (κ1) is 12.8. The predicted molar refractivity (Wildman–Crippen MR) is 57.3 cm³/mol. The Kier molecular flexibility index (Phi) is 4.17. The molecule has 0 amide bonds. The molecule has 0 saturated carbocycles. The van der Waals surface area contributed by atoms with Crippen molar-refractivity contribution < 1.29 is 18.3 Å². The SMILES string of the molecule is CCOC(=O)c1c(N)cc(Br)nc1C(F)F. The number of nitrogen functional groups attached to an aromatic ring is 1. The van der Waals surface area contributed by atoms with E-state index in [4.69, 9.17) is 5.73 Å². The molecule has 0 aliphatic carbocycles. The van der Waals surface area contributed by atoms with Crippen LogP contribution in [0.25, 0.3) is 0 Å². The van der Waals surface area contributed by atoms with Gasteiger partial charge in [0.15, 0.2) is 0 Å². The van der Waals surface area contributed by atoms with Crippen LogP contribution >= 0.6 is 15.9 Å². The van der Waals surface area contributed by atoms with Gasteiger partial charge in [0.1, 0.15) is 15.9 Å². The van der Waals surface area contributed by atoms with Gasteiger partial charge in [-0.2, -0.15) is 0 Å². The maximum Gasteiger partial charge on any atom is 0.342 e. The van der Waals surface area contributed by atoms with Gasteiger partial charge in [0.25, 0.3) is 6.43 Å². The van der Waals surface area contributed by atoms with Crippen molar-refractivity contribution in [1.82, 2.24) is 4.98 Å². The van der Waals surface area contributed by atoms with Crippen LogP contribution in [-0.4, -0.2) is 17.6 Å². The van der Waals surface area contributed by atoms with E-state index in [1.165, 1.54) is 6.07 Å². The van der Waals surface area contributed by atoms with Gasteiger partial charge in [-0.25, -0.2) is 18.6 Å². The first-order valence-corrected chi connectivity index (χ1v) is 5.17. The Balaban J connectivity index is 3.29. The third kappa shape index (κ3) is 2.66. The first-order chi connectivity index (χ1) is 7.47. The van der Waals surface area contributed by atoms with E-state index in [-0.39, 0.29) is 22.5 Å². The van der Waals surface area contributed by atoms with Crippen LogP contribution in [0.3, 0.4) is 0 Å². The van der Waals surface area contributed by atoms with Crippen molar-refractivity contribution in [3.8, 4) is 0 Å². The topological polar surface area (TPSA) is 65.2 Å². The standard InChI is InChI=1S/C9H9BrF2N2O2/c1-2-16-9(15)6-4(13)3-5(10)14-7(6)8(11)12/h3,8H,2H2,1H3,(H2,13,14). The number of carbonyl (C=O) groups excluding carboxylic acids is 1. The van der Waals surface area contributed by atoms with Crippen LogP contribution in [0.4, 0.5) is 14.5 Å². The second-order valence-electron chi connectivity index (χ2n) is 2.82. The summed E-state index contributed by atoms with van der Waals surface area (Å²) >= 11 is 2.93. The minimum absolute atomic E-state index is 0.0804. The Hall–Kier alpha value is -1.24. The minimum Gasteiger partial charge on any atom is -0.462 e. The molecule has 0 radical (unpaired) electrons. The lowest BCUT2D eigenvalue weighted by Crippen LogP contribution is -2.13. The predicted octanol–water partition coefficient (Wildman–Crippen LogP) is 2.54. The lowest BCUT2D eigenvalue weighted by atomic mass is 10.1. The highest BCUT2D eigenvalue weighted by Gasteiger charge is 2.24. The van der Waals surface area contributed by atoms with Crippen molar-refractivity contribution in [3.63, 3.8) is 0 Å². The maximum absolute atomic E-state index is 12.6. The summed E-state index contributed by atoms with van der Waals surface area (Å²) in [6.07, 6.45) is -2.89. The fourth-order valence-corrected chi connectivity index (χ4v) is 1.57. The molecule has 4 nitrogen and oxygen atoms in total. The van der Waals surface area contributed by atoms with Crippen LogP contribution in [0, 0.1) is 0 Å². The summed E-state index contributed by atoms with van der Waals surface area (Å²) in [5, 5.41) is 0. The monoisotopic (exact) mass is 294 g/mol. The second kappa shape index (κ2) is 5.20. The summed E-state index contributed by atoms with van der Waals surface area (Å²) in [6.45, 7) is 1.65. The number of carbonyl (C=O) groups is 1. The number of nitrogens with zero attached hydrogens (tertiary/aromatic N) is 1. The van der Waals surface area contributed by atoms with Crippen molar-refractivity contribution in [2.24, 2.45) is 0 Å². The maximum atomic E-state index is 12.6. The van der Waals surface area contributed by atoms with E-state index in [2.05, 4.69) is 25.7 Å². The Morgan fingerprint density at radius 1 is 1.69 bits per heavy atom. The Morgan fingerprint density at radius 3 is 2.81 bits per heavy atom. The summed E-state index contributed by atoms with van der Waals surface area (Å²) in [6, 6.07) is 1.28. The normalized spacial score (nSPS) is 10.6. The molecule has 0 unspecified atom stereocenters. The van der Waals surface area contributed by atoms with Crippen LogP contribution in [0.5, 0.6) is 0 Å². The Labute approximate surface area is 98.9 Å². The van der Waals surface area contributed by atoms with E-state index < -0.39 is 18.1 Å². The van der Waals surface area contributed by atoms with E-state index in [9.17, 15) is 13.6 Å². The zero-order chi connectivity index (χ0) is 12.3. The zero-order valence-electron chi connectivity index (χ0n) is 8.34. The molecule has 1 aromatic heterocycles. The number of aromatic nitrogens is 1. The molecule has 0 saturated heterocycles. The molecule has 0 aromatic carbocycles. The first-order valence-electron chi connectivity index (χ1n) is 4.38. The average molecular weight is 295 g/mol. The molecular weight excluding hydrogens is 286 g/mol. The van der Waals surface area contributed by atoms with Crippen molar-refractivity contribution >= 4 is 27.6 Å². The molecule has 0 fully saturated rings. The van der Waals surface area contributed by atoms with Gasteiger partial charge in [-0.1, -0.05) is 0 Å². The molecule has 1 aromatic rings. The highest BCUT2D eigenvalue weighted by molar-refractivity contribution is 9.10. The lowest BCUT2D eigenvalue weighted by Gasteiger charge is -2.10. The largest absolute Gasteiger partial charge is 0.462 e. The number of hydrogen-bond acceptors (Lipinski definition) is 4. The number of halogens is 3. The average Bonchev–Trinajstić information content (AvgIpc) is 2.16. The fraction of sp³-hybridized carbons (Fsp3) is 0.333. The van der Waals surface area contributed by atoms with Crippen LogP contribution in [0.1, 0.15) is 29.4 Å². The summed E-state index contributed by atoms with van der Waals surface area (Å²) in [7, 11) is 0. The molecule has 1 rings (SSSR count). The van der Waals surface area contributed by atoms with E-state index in [0.29, 0.717) is 0 Å². The number of esters is 1. The molecule has 0 atom stereocenters. The third-order valence-electron chi connectivity index (χ3n) is 1.73. The second-order valence-corrected chi connectivity index (χ2v) is 3.63. The summed E-state index contributed by atoms with van der Waals surface area (Å²) in [4.78, 5) is 14.9. The Bertz CT molecular complexity index is 413. The summed E-state index contributed by atoms with van der Waals surface area (Å²) in [5.74, 6) is -0.893. The lowest BCUT2D eigenvalue weighted by molar-refractivity contribution is 0.0515. The van der Waals surface area contributed by atoms with Gasteiger partial charge in [-0.3, -0.25) is 0 Å². The van der Waals surface area contributed by atoms with Gasteiger partial charge in [-0.15, -0.1) is 0 Å². The number of ether oxygens (including phenoxy) is 1. The molecule has 7 heteroatoms. The molecule has 2 N–H and O–H groups in total. The smallest absolute Gasteiger partial charge is 0.342 e. The number of hydrogen-bond donors (Lipinski definition) is 1. The van der Waals surface area contributed by atoms with E-state index in [1.54, 1.807) is 6.92 Å². The third-order valence-corrected chi connectivity index (χ3v) is 2.14. The number of anilines is 1. The molecule has 0 spiro atoms. The Morgan fingerprint density at radius 2 is 2.31 bits per heavy atom. The number of pyridine rings is 1. The molecule has 0 aliphatic heterocycles. The quantitative estimate of drug-likeness (QED) is 0.687. The van der Waals surface area contributed by atoms with Crippen LogP contribution in [-0.2, 0) is 4.74 Å². The molecule has 0 bridgehead atoms.